The van der Waals surface area contributed by atoms with Crippen LogP contribution >= 0.6 is 15.9 Å². The molecule has 0 saturated carbocycles. The molecule has 21 heavy (non-hydrogen) atoms. The molecule has 3 nitrogen and oxygen atoms in total. The number of hydrogen-bond donors (Lipinski definition) is 1. The zero-order chi connectivity index (χ0) is 14.8. The number of nitrogens with one attached hydrogen (secondary N) is 1. The Labute approximate surface area is 130 Å². The van der Waals surface area contributed by atoms with Crippen molar-refractivity contribution in [1.82, 2.24) is 0 Å². The van der Waals surface area contributed by atoms with Gasteiger partial charge in [0.1, 0.15) is 17.6 Å². The van der Waals surface area contributed by atoms with Gasteiger partial charge in [0, 0.05) is 22.1 Å². The fraction of sp³-hybridized carbons (Fsp3) is 0.188. The van der Waals surface area contributed by atoms with Crippen molar-refractivity contribution in [2.24, 2.45) is 0 Å². The minimum Gasteiger partial charge on any atom is -0.493 e. The number of halogens is 2. The molecule has 0 bridgehead atoms. The van der Waals surface area contributed by atoms with E-state index in [1.54, 1.807) is 6.07 Å². The van der Waals surface area contributed by atoms with Crippen LogP contribution in [0.4, 0.5) is 10.1 Å². The van der Waals surface area contributed by atoms with Crippen LogP contribution in [0, 0.1) is 17.1 Å². The summed E-state index contributed by atoms with van der Waals surface area (Å²) >= 11 is 3.46. The number of benzene rings is 2. The number of nitrogens with zero attached hydrogens (tertiary/aromatic N) is 1. The van der Waals surface area contributed by atoms with Crippen molar-refractivity contribution in [1.29, 1.82) is 5.26 Å². The third-order valence-corrected chi connectivity index (χ3v) is 3.93. The van der Waals surface area contributed by atoms with Crippen LogP contribution in [0.15, 0.2) is 40.9 Å². The molecule has 3 rings (SSSR count). The van der Waals surface area contributed by atoms with Crippen molar-refractivity contribution >= 4 is 21.6 Å². The molecule has 2 aromatic rings. The second-order valence-corrected chi connectivity index (χ2v) is 5.74. The zero-order valence-electron chi connectivity index (χ0n) is 11.1. The largest absolute Gasteiger partial charge is 0.493 e. The van der Waals surface area contributed by atoms with Crippen LogP contribution in [-0.2, 0) is 0 Å². The summed E-state index contributed by atoms with van der Waals surface area (Å²) in [5, 5.41) is 12.2. The van der Waals surface area contributed by atoms with Crippen molar-refractivity contribution in [3.05, 3.63) is 57.8 Å². The smallest absolute Gasteiger partial charge is 0.141 e. The first-order chi connectivity index (χ1) is 10.2. The molecular weight excluding hydrogens is 335 g/mol. The summed E-state index contributed by atoms with van der Waals surface area (Å²) in [6.45, 7) is 0.624. The standard InChI is InChI=1S/C16H12BrFN2O/c17-11-1-4-16-13(8-11)15(5-6-21-16)20-12-2-3-14(18)10(7-12)9-19/h1-4,7-8,15,20H,5-6H2. The fourth-order valence-electron chi connectivity index (χ4n) is 2.42. The van der Waals surface area contributed by atoms with Crippen molar-refractivity contribution in [3.63, 3.8) is 0 Å². The summed E-state index contributed by atoms with van der Waals surface area (Å²) in [6.07, 6.45) is 0.808. The Kier molecular flexibility index (Phi) is 3.80. The third kappa shape index (κ3) is 2.86. The van der Waals surface area contributed by atoms with E-state index in [1.165, 1.54) is 12.1 Å². The van der Waals surface area contributed by atoms with Crippen molar-refractivity contribution in [3.8, 4) is 11.8 Å². The molecule has 0 fully saturated rings. The molecule has 106 valence electrons. The maximum Gasteiger partial charge on any atom is 0.141 e. The minimum absolute atomic E-state index is 0.0431. The number of hydrogen-bond acceptors (Lipinski definition) is 3. The highest BCUT2D eigenvalue weighted by Gasteiger charge is 2.21. The summed E-state index contributed by atoms with van der Waals surface area (Å²) in [5.41, 5.74) is 1.82. The van der Waals surface area contributed by atoms with Gasteiger partial charge in [0.25, 0.3) is 0 Å². The topological polar surface area (TPSA) is 45.0 Å². The molecule has 5 heteroatoms. The van der Waals surface area contributed by atoms with Crippen molar-refractivity contribution in [2.75, 3.05) is 11.9 Å². The number of fused-ring (bicyclic) bond motifs is 1. The number of nitriles is 1. The molecule has 0 spiro atoms. The van der Waals surface area contributed by atoms with Gasteiger partial charge in [-0.2, -0.15) is 5.26 Å². The highest BCUT2D eigenvalue weighted by molar-refractivity contribution is 9.10. The molecular formula is C16H12BrFN2O. The first kappa shape index (κ1) is 13.9. The van der Waals surface area contributed by atoms with Crippen LogP contribution in [0.2, 0.25) is 0 Å². The van der Waals surface area contributed by atoms with Gasteiger partial charge in [-0.05, 0) is 36.4 Å². The Morgan fingerprint density at radius 3 is 2.95 bits per heavy atom. The average Bonchev–Trinajstić information content (AvgIpc) is 2.50. The summed E-state index contributed by atoms with van der Waals surface area (Å²) in [4.78, 5) is 0. The van der Waals surface area contributed by atoms with E-state index >= 15 is 0 Å². The van der Waals surface area contributed by atoms with E-state index in [1.807, 2.05) is 24.3 Å². The Hall–Kier alpha value is -2.06. The summed E-state index contributed by atoms with van der Waals surface area (Å²) in [6, 6.07) is 12.3. The predicted octanol–water partition coefficient (Wildman–Crippen LogP) is 4.40. The predicted molar refractivity (Wildman–Crippen MR) is 81.7 cm³/mol. The summed E-state index contributed by atoms with van der Waals surface area (Å²) < 4.78 is 20.0. The molecule has 0 radical (unpaired) electrons. The Bertz CT molecular complexity index is 727. The highest BCUT2D eigenvalue weighted by Crippen LogP contribution is 2.36. The molecule has 0 aliphatic carbocycles. The fourth-order valence-corrected chi connectivity index (χ4v) is 2.80. The first-order valence-corrected chi connectivity index (χ1v) is 7.35. The lowest BCUT2D eigenvalue weighted by Crippen LogP contribution is -2.20. The average molecular weight is 347 g/mol. The van der Waals surface area contributed by atoms with Crippen LogP contribution in [0.25, 0.3) is 0 Å². The Balaban J connectivity index is 1.90. The molecule has 1 heterocycles. The quantitative estimate of drug-likeness (QED) is 0.876. The number of anilines is 1. The Morgan fingerprint density at radius 1 is 1.29 bits per heavy atom. The van der Waals surface area contributed by atoms with Crippen LogP contribution in [0.1, 0.15) is 23.6 Å². The molecule has 0 aromatic heterocycles. The van der Waals surface area contributed by atoms with E-state index in [9.17, 15) is 4.39 Å². The van der Waals surface area contributed by atoms with E-state index in [4.69, 9.17) is 10.00 Å². The minimum atomic E-state index is -0.502. The monoisotopic (exact) mass is 346 g/mol. The van der Waals surface area contributed by atoms with Gasteiger partial charge >= 0.3 is 0 Å². The van der Waals surface area contributed by atoms with Crippen molar-refractivity contribution < 1.29 is 9.13 Å². The maximum atomic E-state index is 13.4. The second kappa shape index (κ2) is 5.74. The van der Waals surface area contributed by atoms with Crippen molar-refractivity contribution in [2.45, 2.75) is 12.5 Å². The van der Waals surface area contributed by atoms with Crippen LogP contribution < -0.4 is 10.1 Å². The van der Waals surface area contributed by atoms with Gasteiger partial charge in [-0.1, -0.05) is 15.9 Å². The van der Waals surface area contributed by atoms with E-state index in [0.717, 1.165) is 27.9 Å². The Morgan fingerprint density at radius 2 is 2.14 bits per heavy atom. The summed E-state index contributed by atoms with van der Waals surface area (Å²) in [5.74, 6) is 0.350. The zero-order valence-corrected chi connectivity index (χ0v) is 12.7. The normalized spacial score (nSPS) is 16.5. The first-order valence-electron chi connectivity index (χ1n) is 6.56. The number of rotatable bonds is 2. The van der Waals surface area contributed by atoms with E-state index in [2.05, 4.69) is 21.2 Å². The van der Waals surface area contributed by atoms with Gasteiger partial charge in [0.05, 0.1) is 18.2 Å². The third-order valence-electron chi connectivity index (χ3n) is 3.44. The maximum absolute atomic E-state index is 13.4. The molecule has 0 saturated heterocycles. The van der Waals surface area contributed by atoms with Crippen LogP contribution in [0.3, 0.4) is 0 Å². The van der Waals surface area contributed by atoms with Crippen LogP contribution in [0.5, 0.6) is 5.75 Å². The van der Waals surface area contributed by atoms with Gasteiger partial charge in [0.2, 0.25) is 0 Å². The lowest BCUT2D eigenvalue weighted by Gasteiger charge is -2.27. The molecule has 1 aliphatic rings. The molecule has 1 atom stereocenters. The van der Waals surface area contributed by atoms with Gasteiger partial charge < -0.3 is 10.1 Å². The lowest BCUT2D eigenvalue weighted by molar-refractivity contribution is 0.274. The molecule has 2 aromatic carbocycles. The molecule has 1 N–H and O–H groups in total. The van der Waals surface area contributed by atoms with E-state index in [0.29, 0.717) is 6.61 Å². The van der Waals surface area contributed by atoms with Gasteiger partial charge in [-0.15, -0.1) is 0 Å². The SMILES string of the molecule is N#Cc1cc(NC2CCOc3ccc(Br)cc32)ccc1F. The summed E-state index contributed by atoms with van der Waals surface area (Å²) in [7, 11) is 0. The van der Waals surface area contributed by atoms with Crippen LogP contribution in [-0.4, -0.2) is 6.61 Å². The van der Waals surface area contributed by atoms with Gasteiger partial charge in [-0.3, -0.25) is 0 Å². The second-order valence-electron chi connectivity index (χ2n) is 4.82. The lowest BCUT2D eigenvalue weighted by atomic mass is 10.00. The van der Waals surface area contributed by atoms with E-state index < -0.39 is 5.82 Å². The van der Waals surface area contributed by atoms with Gasteiger partial charge in [0.15, 0.2) is 0 Å². The molecule has 1 aliphatic heterocycles. The number of ether oxygens (including phenoxy) is 1. The highest BCUT2D eigenvalue weighted by atomic mass is 79.9. The van der Waals surface area contributed by atoms with E-state index in [-0.39, 0.29) is 11.6 Å². The molecule has 1 unspecified atom stereocenters. The molecule has 0 amide bonds. The van der Waals surface area contributed by atoms with Gasteiger partial charge in [-0.25, -0.2) is 4.39 Å².